The van der Waals surface area contributed by atoms with Crippen LogP contribution in [0, 0.1) is 34.5 Å². The molecule has 96 valence electrons. The van der Waals surface area contributed by atoms with Crippen molar-refractivity contribution in [2.75, 3.05) is 6.61 Å². The standard InChI is InChI=1S/C15H24O2/c1-14(9-17)6-3-7-15(2)11-5-4-10(13(11)14)12(15)8-16/h8,10-13,17H,3-7,9H2,1-2H3/t10-,11+,12-,13-,14-,15+/m1/s1. The maximum Gasteiger partial charge on any atom is 0.123 e. The summed E-state index contributed by atoms with van der Waals surface area (Å²) < 4.78 is 0. The highest BCUT2D eigenvalue weighted by molar-refractivity contribution is 5.58. The highest BCUT2D eigenvalue weighted by Crippen LogP contribution is 2.70. The summed E-state index contributed by atoms with van der Waals surface area (Å²) in [5.41, 5.74) is 0.309. The van der Waals surface area contributed by atoms with Crippen LogP contribution in [0.4, 0.5) is 0 Å². The van der Waals surface area contributed by atoms with Gasteiger partial charge < -0.3 is 9.90 Å². The van der Waals surface area contributed by atoms with Crippen LogP contribution in [0.15, 0.2) is 0 Å². The average molecular weight is 236 g/mol. The lowest BCUT2D eigenvalue weighted by Gasteiger charge is -2.38. The molecule has 0 aromatic rings. The number of carbonyl (C=O) groups excluding carboxylic acids is 1. The molecule has 0 unspecified atom stereocenters. The fourth-order valence-corrected chi connectivity index (χ4v) is 5.74. The fourth-order valence-electron chi connectivity index (χ4n) is 5.74. The van der Waals surface area contributed by atoms with E-state index in [1.165, 1.54) is 32.0 Å². The summed E-state index contributed by atoms with van der Waals surface area (Å²) in [5.74, 6) is 2.09. The van der Waals surface area contributed by atoms with E-state index in [9.17, 15) is 9.90 Å². The molecule has 3 aliphatic rings. The molecule has 6 atom stereocenters. The van der Waals surface area contributed by atoms with Crippen molar-refractivity contribution in [1.29, 1.82) is 0 Å². The van der Waals surface area contributed by atoms with Crippen LogP contribution < -0.4 is 0 Å². The van der Waals surface area contributed by atoms with Crippen LogP contribution in [-0.4, -0.2) is 18.0 Å². The Hall–Kier alpha value is -0.370. The molecule has 0 aromatic heterocycles. The third-order valence-electron chi connectivity index (χ3n) is 6.55. The first-order chi connectivity index (χ1) is 8.07. The summed E-state index contributed by atoms with van der Waals surface area (Å²) in [6.07, 6.45) is 7.24. The molecule has 0 radical (unpaired) electrons. The van der Waals surface area contributed by atoms with Crippen molar-refractivity contribution in [3.63, 3.8) is 0 Å². The Morgan fingerprint density at radius 1 is 1.29 bits per heavy atom. The molecule has 3 saturated carbocycles. The van der Waals surface area contributed by atoms with Crippen LogP contribution in [-0.2, 0) is 4.79 Å². The van der Waals surface area contributed by atoms with E-state index in [0.717, 1.165) is 6.42 Å². The van der Waals surface area contributed by atoms with Crippen molar-refractivity contribution in [3.8, 4) is 0 Å². The molecule has 0 heterocycles. The zero-order chi connectivity index (χ0) is 12.3. The number of hydrogen-bond donors (Lipinski definition) is 1. The minimum atomic E-state index is 0.0708. The predicted octanol–water partition coefficient (Wildman–Crippen LogP) is 2.65. The normalized spacial score (nSPS) is 56.9. The molecular weight excluding hydrogens is 212 g/mol. The third kappa shape index (κ3) is 1.28. The SMILES string of the molecule is C[C@]1(CO)CCC[C@]2(C)[C@H](C=O)[C@H]3CC[C@H]2[C@@H]31. The minimum absolute atomic E-state index is 0.0708. The van der Waals surface area contributed by atoms with Crippen LogP contribution >= 0.6 is 0 Å². The van der Waals surface area contributed by atoms with Crippen LogP contribution in [0.5, 0.6) is 0 Å². The lowest BCUT2D eigenvalue weighted by Crippen LogP contribution is -2.35. The van der Waals surface area contributed by atoms with E-state index in [4.69, 9.17) is 0 Å². The molecule has 3 fully saturated rings. The lowest BCUT2D eigenvalue weighted by molar-refractivity contribution is -0.117. The Morgan fingerprint density at radius 3 is 2.71 bits per heavy atom. The van der Waals surface area contributed by atoms with E-state index in [0.29, 0.717) is 24.4 Å². The van der Waals surface area contributed by atoms with Gasteiger partial charge in [-0.05, 0) is 54.3 Å². The summed E-state index contributed by atoms with van der Waals surface area (Å²) in [5, 5.41) is 9.81. The van der Waals surface area contributed by atoms with Gasteiger partial charge in [-0.2, -0.15) is 0 Å². The molecule has 0 aromatic carbocycles. The topological polar surface area (TPSA) is 37.3 Å². The first-order valence-electron chi connectivity index (χ1n) is 7.13. The van der Waals surface area contributed by atoms with E-state index in [-0.39, 0.29) is 16.7 Å². The molecule has 1 N–H and O–H groups in total. The van der Waals surface area contributed by atoms with Crippen LogP contribution in [0.25, 0.3) is 0 Å². The van der Waals surface area contributed by atoms with Crippen molar-refractivity contribution in [3.05, 3.63) is 0 Å². The number of aliphatic hydroxyl groups is 1. The summed E-state index contributed by atoms with van der Waals surface area (Å²) in [4.78, 5) is 11.5. The maximum atomic E-state index is 11.5. The van der Waals surface area contributed by atoms with E-state index in [1.807, 2.05) is 0 Å². The maximum absolute atomic E-state index is 11.5. The van der Waals surface area contributed by atoms with Gasteiger partial charge in [0.05, 0.1) is 0 Å². The zero-order valence-electron chi connectivity index (χ0n) is 11.0. The highest BCUT2D eigenvalue weighted by atomic mass is 16.3. The average Bonchev–Trinajstić information content (AvgIpc) is 2.79. The Labute approximate surface area is 104 Å². The number of hydrogen-bond acceptors (Lipinski definition) is 2. The summed E-state index contributed by atoms with van der Waals surface area (Å²) in [7, 11) is 0. The van der Waals surface area contributed by atoms with Crippen molar-refractivity contribution in [2.45, 2.75) is 46.0 Å². The number of aldehydes is 1. The smallest absolute Gasteiger partial charge is 0.123 e. The van der Waals surface area contributed by atoms with Crippen molar-refractivity contribution in [1.82, 2.24) is 0 Å². The first kappa shape index (κ1) is 11.7. The zero-order valence-corrected chi connectivity index (χ0v) is 11.0. The van der Waals surface area contributed by atoms with E-state index >= 15 is 0 Å². The Kier molecular flexibility index (Phi) is 2.46. The molecular formula is C15H24O2. The molecule has 2 heteroatoms. The van der Waals surface area contributed by atoms with Gasteiger partial charge in [-0.1, -0.05) is 20.3 Å². The lowest BCUT2D eigenvalue weighted by atomic mass is 9.65. The molecule has 0 aliphatic heterocycles. The fraction of sp³-hybridized carbons (Fsp3) is 0.933. The van der Waals surface area contributed by atoms with Crippen LogP contribution in [0.1, 0.15) is 46.0 Å². The first-order valence-corrected chi connectivity index (χ1v) is 7.13. The van der Waals surface area contributed by atoms with Crippen molar-refractivity contribution >= 4 is 6.29 Å². The molecule has 0 amide bonds. The predicted molar refractivity (Wildman–Crippen MR) is 66.4 cm³/mol. The summed E-state index contributed by atoms with van der Waals surface area (Å²) in [6.45, 7) is 4.89. The minimum Gasteiger partial charge on any atom is -0.396 e. The molecule has 3 aliphatic carbocycles. The molecule has 3 rings (SSSR count). The van der Waals surface area contributed by atoms with Gasteiger partial charge >= 0.3 is 0 Å². The van der Waals surface area contributed by atoms with Gasteiger partial charge in [-0.25, -0.2) is 0 Å². The quantitative estimate of drug-likeness (QED) is 0.748. The molecule has 2 nitrogen and oxygen atoms in total. The third-order valence-corrected chi connectivity index (χ3v) is 6.55. The van der Waals surface area contributed by atoms with Crippen LogP contribution in [0.3, 0.4) is 0 Å². The van der Waals surface area contributed by atoms with Gasteiger partial charge in [0.25, 0.3) is 0 Å². The Morgan fingerprint density at radius 2 is 2.06 bits per heavy atom. The largest absolute Gasteiger partial charge is 0.396 e. The van der Waals surface area contributed by atoms with Gasteiger partial charge in [-0.15, -0.1) is 0 Å². The van der Waals surface area contributed by atoms with Gasteiger partial charge in [-0.3, -0.25) is 0 Å². The van der Waals surface area contributed by atoms with Crippen molar-refractivity contribution in [2.24, 2.45) is 34.5 Å². The second kappa shape index (κ2) is 3.57. The summed E-state index contributed by atoms with van der Waals surface area (Å²) in [6, 6.07) is 0. The number of carbonyl (C=O) groups is 1. The van der Waals surface area contributed by atoms with Gasteiger partial charge in [0, 0.05) is 12.5 Å². The van der Waals surface area contributed by atoms with Crippen molar-refractivity contribution < 1.29 is 9.90 Å². The summed E-state index contributed by atoms with van der Waals surface area (Å²) >= 11 is 0. The van der Waals surface area contributed by atoms with Crippen LogP contribution in [0.2, 0.25) is 0 Å². The second-order valence-electron chi connectivity index (χ2n) is 7.21. The van der Waals surface area contributed by atoms with E-state index < -0.39 is 0 Å². The van der Waals surface area contributed by atoms with Gasteiger partial charge in [0.1, 0.15) is 6.29 Å². The van der Waals surface area contributed by atoms with Gasteiger partial charge in [0.2, 0.25) is 0 Å². The number of aliphatic hydroxyl groups excluding tert-OH is 1. The highest BCUT2D eigenvalue weighted by Gasteiger charge is 2.65. The molecule has 4 bridgehead atoms. The molecule has 0 spiro atoms. The second-order valence-corrected chi connectivity index (χ2v) is 7.21. The number of rotatable bonds is 2. The van der Waals surface area contributed by atoms with E-state index in [2.05, 4.69) is 13.8 Å². The molecule has 17 heavy (non-hydrogen) atoms. The monoisotopic (exact) mass is 236 g/mol. The van der Waals surface area contributed by atoms with Gasteiger partial charge in [0.15, 0.2) is 0 Å². The van der Waals surface area contributed by atoms with E-state index in [1.54, 1.807) is 0 Å². The molecule has 0 saturated heterocycles. The Balaban J connectivity index is 2.06. The Bertz CT molecular complexity index is 340.